The van der Waals surface area contributed by atoms with Crippen LogP contribution in [0.3, 0.4) is 0 Å². The lowest BCUT2D eigenvalue weighted by Gasteiger charge is -2.39. The van der Waals surface area contributed by atoms with E-state index in [2.05, 4.69) is 9.44 Å². The van der Waals surface area contributed by atoms with E-state index in [9.17, 15) is 36.7 Å². The van der Waals surface area contributed by atoms with Crippen molar-refractivity contribution in [3.05, 3.63) is 0 Å². The summed E-state index contributed by atoms with van der Waals surface area (Å²) in [5.41, 5.74) is -1.29. The Kier molecular flexibility index (Phi) is 8.69. The summed E-state index contributed by atoms with van der Waals surface area (Å²) in [6.45, 7) is -0.673. The van der Waals surface area contributed by atoms with Gasteiger partial charge in [-0.2, -0.15) is 8.42 Å². The smallest absolute Gasteiger partial charge is 0.284 e. The van der Waals surface area contributed by atoms with Crippen molar-refractivity contribution < 1.29 is 50.8 Å². The van der Waals surface area contributed by atoms with Crippen molar-refractivity contribution in [2.75, 3.05) is 18.6 Å². The minimum Gasteiger partial charge on any atom is -0.714 e. The zero-order valence-corrected chi connectivity index (χ0v) is 16.0. The molecule has 5 atom stereocenters. The molecule has 0 unspecified atom stereocenters. The third-order valence-corrected chi connectivity index (χ3v) is 5.70. The number of oxime groups is 1. The van der Waals surface area contributed by atoms with Crippen molar-refractivity contribution in [2.24, 2.45) is 5.16 Å². The molecule has 1 aliphatic rings. The van der Waals surface area contributed by atoms with Gasteiger partial charge in [-0.15, -0.1) is 0 Å². The molecule has 12 nitrogen and oxygen atoms in total. The first kappa shape index (κ1) is 23.5. The number of aliphatic hydroxyl groups excluding tert-OH is 4. The van der Waals surface area contributed by atoms with Gasteiger partial charge in [0.2, 0.25) is 0 Å². The molecule has 0 amide bonds. The van der Waals surface area contributed by atoms with Gasteiger partial charge in [0.05, 0.1) is 12.4 Å². The molecule has 0 aromatic heterocycles. The largest absolute Gasteiger partial charge is 0.714 e. The van der Waals surface area contributed by atoms with Gasteiger partial charge in [-0.3, -0.25) is 4.28 Å². The van der Waals surface area contributed by atoms with Crippen LogP contribution >= 0.6 is 11.8 Å². The van der Waals surface area contributed by atoms with Crippen LogP contribution in [-0.4, -0.2) is 95.3 Å². The maximum Gasteiger partial charge on any atom is 0.284 e. The van der Waals surface area contributed by atoms with E-state index in [1.807, 2.05) is 0 Å². The molecule has 0 saturated carbocycles. The third-order valence-electron chi connectivity index (χ3n) is 3.24. The van der Waals surface area contributed by atoms with Crippen LogP contribution in [0, 0.1) is 0 Å². The van der Waals surface area contributed by atoms with Gasteiger partial charge in [0, 0.05) is 12.7 Å². The van der Waals surface area contributed by atoms with Crippen molar-refractivity contribution in [2.45, 2.75) is 42.7 Å². The summed E-state index contributed by atoms with van der Waals surface area (Å²) in [6, 6.07) is 0. The van der Waals surface area contributed by atoms with Gasteiger partial charge in [0.25, 0.3) is 10.4 Å². The quantitative estimate of drug-likeness (QED) is 0.0993. The second-order valence-electron chi connectivity index (χ2n) is 5.52. The van der Waals surface area contributed by atoms with Crippen molar-refractivity contribution in [1.82, 2.24) is 0 Å². The van der Waals surface area contributed by atoms with E-state index in [1.54, 1.807) is 0 Å². The molecular weight excluding hydrogens is 418 g/mol. The lowest BCUT2D eigenvalue weighted by Crippen LogP contribution is -2.57. The maximum atomic E-state index is 11.2. The van der Waals surface area contributed by atoms with Crippen LogP contribution in [0.4, 0.5) is 0 Å². The van der Waals surface area contributed by atoms with Crippen LogP contribution in [0.15, 0.2) is 5.16 Å². The molecule has 1 saturated heterocycles. The number of rotatable bonds is 8. The molecule has 0 bridgehead atoms. The molecule has 154 valence electrons. The minimum atomic E-state index is -5.16. The minimum absolute atomic E-state index is 0.00432. The Balaban J connectivity index is 2.88. The molecule has 1 aliphatic heterocycles. The van der Waals surface area contributed by atoms with Crippen molar-refractivity contribution in [1.29, 1.82) is 0 Å². The highest BCUT2D eigenvalue weighted by Gasteiger charge is 2.44. The Morgan fingerprint density at radius 3 is 2.31 bits per heavy atom. The zero-order chi connectivity index (χ0) is 20.1. The summed E-state index contributed by atoms with van der Waals surface area (Å²) < 4.78 is 62.9. The molecule has 26 heavy (non-hydrogen) atoms. The van der Waals surface area contributed by atoms with Crippen LogP contribution < -0.4 is 0 Å². The van der Waals surface area contributed by atoms with E-state index in [1.165, 1.54) is 0 Å². The number of thioether (sulfide) groups is 1. The molecule has 15 heteroatoms. The monoisotopic (exact) mass is 438 g/mol. The Bertz CT molecular complexity index is 690. The highest BCUT2D eigenvalue weighted by Crippen LogP contribution is 2.30. The number of sulfone groups is 1. The molecule has 0 aromatic carbocycles. The van der Waals surface area contributed by atoms with Gasteiger partial charge in [-0.25, -0.2) is 8.42 Å². The molecule has 0 radical (unpaired) electrons. The molecular formula is C11H20NO11S3-. The number of nitrogens with zero attached hydrogens (tertiary/aromatic N) is 1. The van der Waals surface area contributed by atoms with Crippen LogP contribution in [0.25, 0.3) is 0 Å². The van der Waals surface area contributed by atoms with Gasteiger partial charge in [-0.05, 0) is 6.42 Å². The van der Waals surface area contributed by atoms with E-state index in [4.69, 9.17) is 9.84 Å². The van der Waals surface area contributed by atoms with Crippen LogP contribution in [0.5, 0.6) is 0 Å². The molecule has 0 spiro atoms. The molecule has 0 aromatic rings. The van der Waals surface area contributed by atoms with Gasteiger partial charge < -0.3 is 29.7 Å². The normalized spacial score (nSPS) is 31.0. The second-order valence-corrected chi connectivity index (χ2v) is 9.91. The average Bonchev–Trinajstić information content (AvgIpc) is 2.50. The van der Waals surface area contributed by atoms with E-state index in [-0.39, 0.29) is 23.6 Å². The summed E-state index contributed by atoms with van der Waals surface area (Å²) >= 11 is 0.562. The van der Waals surface area contributed by atoms with Crippen molar-refractivity contribution >= 4 is 37.0 Å². The van der Waals surface area contributed by atoms with Crippen LogP contribution in [0.1, 0.15) is 12.8 Å². The highest BCUT2D eigenvalue weighted by atomic mass is 32.3. The Morgan fingerprint density at radius 2 is 1.81 bits per heavy atom. The zero-order valence-electron chi connectivity index (χ0n) is 13.5. The summed E-state index contributed by atoms with van der Waals surface area (Å²) in [5.74, 6) is -0.259. The average molecular weight is 438 g/mol. The summed E-state index contributed by atoms with van der Waals surface area (Å²) in [5, 5.41) is 41.4. The number of hydrogen-bond donors (Lipinski definition) is 4. The Labute approximate surface area is 154 Å². The van der Waals surface area contributed by atoms with E-state index >= 15 is 0 Å². The first-order valence-corrected chi connectivity index (χ1v) is 11.5. The summed E-state index contributed by atoms with van der Waals surface area (Å²) in [4.78, 5) is 0. The van der Waals surface area contributed by atoms with Crippen LogP contribution in [-0.2, 0) is 29.3 Å². The van der Waals surface area contributed by atoms with Gasteiger partial charge in [0.1, 0.15) is 44.7 Å². The summed E-state index contributed by atoms with van der Waals surface area (Å²) in [7, 11) is -8.47. The Hall–Kier alpha value is -0.520. The lowest BCUT2D eigenvalue weighted by molar-refractivity contribution is -0.205. The first-order valence-electron chi connectivity index (χ1n) is 7.20. The number of aliphatic hydroxyl groups is 4. The summed E-state index contributed by atoms with van der Waals surface area (Å²) in [6.07, 6.45) is -5.23. The highest BCUT2D eigenvalue weighted by molar-refractivity contribution is 8.14. The van der Waals surface area contributed by atoms with Gasteiger partial charge in [-0.1, -0.05) is 16.9 Å². The SMILES string of the molecule is CS(=O)(=O)CCC/C(=N/OS(=O)(=O)[O-])S[C@@H]1O[C@H](CO)[C@@H](O)[C@H](O)[C@H]1O. The lowest BCUT2D eigenvalue weighted by atomic mass is 10.0. The van der Waals surface area contributed by atoms with Gasteiger partial charge >= 0.3 is 0 Å². The molecule has 1 fully saturated rings. The molecule has 4 N–H and O–H groups in total. The topological polar surface area (TPSA) is 203 Å². The van der Waals surface area contributed by atoms with Crippen molar-refractivity contribution in [3.8, 4) is 0 Å². The maximum absolute atomic E-state index is 11.2. The standard InChI is InChI=1S/C11H21NO11S3/c1-25(17,18)4-2-3-7(12-23-26(19,20)21)24-11-10(16)9(15)8(14)6(5-13)22-11/h6,8-11,13-16H,2-5H2,1H3,(H,19,20,21)/p-1/b12-7-/t6-,8-,9+,10-,11+/m1/s1. The number of hydrogen-bond acceptors (Lipinski definition) is 13. The van der Waals surface area contributed by atoms with Crippen LogP contribution in [0.2, 0.25) is 0 Å². The van der Waals surface area contributed by atoms with E-state index < -0.39 is 56.7 Å². The van der Waals surface area contributed by atoms with E-state index in [0.29, 0.717) is 11.8 Å². The fraction of sp³-hybridized carbons (Fsp3) is 0.909. The fourth-order valence-corrected chi connectivity index (χ4v) is 4.00. The second kappa shape index (κ2) is 9.61. The fourth-order valence-electron chi connectivity index (χ4n) is 2.00. The molecule has 1 heterocycles. The van der Waals surface area contributed by atoms with E-state index in [0.717, 1.165) is 6.26 Å². The predicted molar refractivity (Wildman–Crippen MR) is 88.5 cm³/mol. The first-order chi connectivity index (χ1) is 11.8. The Morgan fingerprint density at radius 1 is 1.19 bits per heavy atom. The molecule has 1 rings (SSSR count). The van der Waals surface area contributed by atoms with Crippen molar-refractivity contribution in [3.63, 3.8) is 0 Å². The third kappa shape index (κ3) is 8.01. The van der Waals surface area contributed by atoms with Gasteiger partial charge in [0.15, 0.2) is 0 Å². The number of ether oxygens (including phenoxy) is 1. The predicted octanol–water partition coefficient (Wildman–Crippen LogP) is -2.87. The molecule has 0 aliphatic carbocycles.